The Hall–Kier alpha value is -4.51. The summed E-state index contributed by atoms with van der Waals surface area (Å²) >= 11 is 0. The number of benzene rings is 2. The molecule has 1 heterocycles. The number of esters is 2. The SMILES string of the molecule is CCOC(=O)C1=C(C)NC(CN(CC(C)(C)NCC(O)COc2ccccc2OC)S(C)(=O)=O)=C(C(=O)OCC)C1c1cccc([N+](=O)[O-])c1. The first-order valence-corrected chi connectivity index (χ1v) is 17.8. The van der Waals surface area contributed by atoms with Crippen molar-refractivity contribution >= 4 is 27.6 Å². The normalized spacial score (nSPS) is 15.7. The molecule has 3 rings (SSSR count). The Kier molecular flexibility index (Phi) is 13.9. The van der Waals surface area contributed by atoms with Crippen LogP contribution in [0, 0.1) is 10.1 Å². The van der Waals surface area contributed by atoms with Gasteiger partial charge in [0.25, 0.3) is 5.69 Å². The van der Waals surface area contributed by atoms with E-state index in [0.717, 1.165) is 10.6 Å². The lowest BCUT2D eigenvalue weighted by molar-refractivity contribution is -0.384. The summed E-state index contributed by atoms with van der Waals surface area (Å²) in [4.78, 5) is 38.1. The second kappa shape index (κ2) is 17.4. The van der Waals surface area contributed by atoms with Gasteiger partial charge in [-0.2, -0.15) is 4.31 Å². The third-order valence-corrected chi connectivity index (χ3v) is 8.94. The standard InChI is InChI=1S/C34H46N4O11S/c1-8-47-32(40)29-22(3)36-26(31(33(41)48-9-2)30(29)23-13-12-14-24(17-23)38(42)43)19-37(50(7,44)45)21-34(4,5)35-18-25(39)20-49-28-16-11-10-15-27(28)46-6/h10-17,25,30,35-36,39H,8-9,18-21H2,1-7H3. The molecule has 50 heavy (non-hydrogen) atoms. The van der Waals surface area contributed by atoms with Crippen molar-refractivity contribution in [2.24, 2.45) is 0 Å². The highest BCUT2D eigenvalue weighted by molar-refractivity contribution is 7.88. The zero-order chi connectivity index (χ0) is 37.2. The van der Waals surface area contributed by atoms with Crippen molar-refractivity contribution in [1.82, 2.24) is 14.9 Å². The van der Waals surface area contributed by atoms with Crippen LogP contribution in [0.25, 0.3) is 0 Å². The van der Waals surface area contributed by atoms with Crippen LogP contribution in [0.5, 0.6) is 11.5 Å². The number of nitrogens with one attached hydrogen (secondary N) is 2. The van der Waals surface area contributed by atoms with Crippen LogP contribution in [0.3, 0.4) is 0 Å². The maximum absolute atomic E-state index is 13.7. The fraction of sp³-hybridized carbons (Fsp3) is 0.471. The molecule has 16 heteroatoms. The molecule has 2 unspecified atom stereocenters. The molecule has 2 atom stereocenters. The first kappa shape index (κ1) is 39.9. The van der Waals surface area contributed by atoms with Crippen LogP contribution >= 0.6 is 0 Å². The molecule has 0 saturated heterocycles. The van der Waals surface area contributed by atoms with Crippen molar-refractivity contribution in [3.63, 3.8) is 0 Å². The number of carbonyl (C=O) groups excluding carboxylic acids is 2. The number of para-hydroxylation sites is 2. The van der Waals surface area contributed by atoms with Crippen molar-refractivity contribution in [2.45, 2.75) is 52.2 Å². The van der Waals surface area contributed by atoms with Crippen molar-refractivity contribution < 1.29 is 47.0 Å². The summed E-state index contributed by atoms with van der Waals surface area (Å²) < 4.78 is 49.3. The van der Waals surface area contributed by atoms with E-state index in [4.69, 9.17) is 18.9 Å². The predicted octanol–water partition coefficient (Wildman–Crippen LogP) is 3.01. The number of aliphatic hydroxyl groups excluding tert-OH is 1. The molecule has 0 aromatic heterocycles. The molecule has 0 radical (unpaired) electrons. The van der Waals surface area contributed by atoms with Gasteiger partial charge in [-0.25, -0.2) is 18.0 Å². The van der Waals surface area contributed by atoms with E-state index in [1.807, 2.05) is 0 Å². The summed E-state index contributed by atoms with van der Waals surface area (Å²) in [5.74, 6) is -1.81. The topological polar surface area (TPSA) is 196 Å². The number of sulfonamides is 1. The fourth-order valence-electron chi connectivity index (χ4n) is 5.44. The zero-order valence-electron chi connectivity index (χ0n) is 29.3. The number of nitrogens with zero attached hydrogens (tertiary/aromatic N) is 2. The van der Waals surface area contributed by atoms with Gasteiger partial charge >= 0.3 is 11.9 Å². The number of carbonyl (C=O) groups is 2. The van der Waals surface area contributed by atoms with Crippen LogP contribution in [0.1, 0.15) is 46.1 Å². The molecule has 0 bridgehead atoms. The molecule has 0 spiro atoms. The summed E-state index contributed by atoms with van der Waals surface area (Å²) in [6.07, 6.45) is 0.0609. The van der Waals surface area contributed by atoms with E-state index in [1.54, 1.807) is 58.9 Å². The van der Waals surface area contributed by atoms with Crippen LogP contribution in [-0.2, 0) is 29.1 Å². The lowest BCUT2D eigenvalue weighted by Gasteiger charge is -2.36. The number of aliphatic hydroxyl groups is 1. The molecular weight excluding hydrogens is 672 g/mol. The van der Waals surface area contributed by atoms with Gasteiger partial charge in [0, 0.05) is 42.2 Å². The van der Waals surface area contributed by atoms with E-state index >= 15 is 0 Å². The number of β-amino-alcohol motifs (C(OH)–C–C–N with tert-alkyl or cyclic N) is 1. The number of rotatable bonds is 18. The lowest BCUT2D eigenvalue weighted by atomic mass is 9.80. The van der Waals surface area contributed by atoms with Gasteiger partial charge in [0.2, 0.25) is 10.0 Å². The van der Waals surface area contributed by atoms with E-state index in [1.165, 1.54) is 31.4 Å². The Bertz CT molecular complexity index is 1720. The van der Waals surface area contributed by atoms with Gasteiger partial charge in [0.05, 0.1) is 55.1 Å². The summed E-state index contributed by atoms with van der Waals surface area (Å²) in [5.41, 5.74) is -0.618. The number of ether oxygens (including phenoxy) is 4. The number of non-ortho nitro benzene ring substituents is 1. The van der Waals surface area contributed by atoms with E-state index in [-0.39, 0.29) is 73.2 Å². The van der Waals surface area contributed by atoms with Crippen molar-refractivity contribution in [1.29, 1.82) is 0 Å². The molecule has 0 saturated carbocycles. The minimum Gasteiger partial charge on any atom is -0.493 e. The number of hydrogen-bond donors (Lipinski definition) is 3. The third-order valence-electron chi connectivity index (χ3n) is 7.74. The Morgan fingerprint density at radius 1 is 1.06 bits per heavy atom. The van der Waals surface area contributed by atoms with Crippen LogP contribution in [0.15, 0.2) is 71.1 Å². The number of nitro groups is 1. The summed E-state index contributed by atoms with van der Waals surface area (Å²) in [6, 6.07) is 12.5. The summed E-state index contributed by atoms with van der Waals surface area (Å²) in [7, 11) is -2.43. The van der Waals surface area contributed by atoms with Gasteiger partial charge in [0.15, 0.2) is 11.5 Å². The van der Waals surface area contributed by atoms with Gasteiger partial charge in [-0.1, -0.05) is 24.3 Å². The monoisotopic (exact) mass is 718 g/mol. The lowest BCUT2D eigenvalue weighted by Crippen LogP contribution is -2.53. The molecule has 1 aliphatic rings. The molecule has 0 fully saturated rings. The van der Waals surface area contributed by atoms with Crippen molar-refractivity contribution in [2.75, 3.05) is 52.8 Å². The summed E-state index contributed by atoms with van der Waals surface area (Å²) in [6.45, 7) is 7.80. The molecule has 274 valence electrons. The number of allylic oxidation sites excluding steroid dienone is 1. The van der Waals surface area contributed by atoms with E-state index in [2.05, 4.69) is 10.6 Å². The van der Waals surface area contributed by atoms with Gasteiger partial charge in [-0.15, -0.1) is 0 Å². The van der Waals surface area contributed by atoms with Crippen LogP contribution < -0.4 is 20.1 Å². The van der Waals surface area contributed by atoms with E-state index < -0.39 is 44.4 Å². The zero-order valence-corrected chi connectivity index (χ0v) is 30.2. The molecule has 1 aliphatic heterocycles. The Balaban J connectivity index is 1.97. The smallest absolute Gasteiger partial charge is 0.336 e. The number of dihydropyridines is 1. The van der Waals surface area contributed by atoms with Gasteiger partial charge in [-0.05, 0) is 52.3 Å². The summed E-state index contributed by atoms with van der Waals surface area (Å²) in [5, 5.41) is 28.6. The molecule has 3 N–H and O–H groups in total. The molecule has 0 aliphatic carbocycles. The van der Waals surface area contributed by atoms with Crippen LogP contribution in [0.2, 0.25) is 0 Å². The number of methoxy groups -OCH3 is 1. The minimum absolute atomic E-state index is 0.0216. The maximum Gasteiger partial charge on any atom is 0.336 e. The molecule has 15 nitrogen and oxygen atoms in total. The van der Waals surface area contributed by atoms with Crippen molar-refractivity contribution in [3.8, 4) is 11.5 Å². The molecule has 2 aromatic rings. The maximum atomic E-state index is 13.7. The quantitative estimate of drug-likeness (QED) is 0.116. The van der Waals surface area contributed by atoms with E-state index in [0.29, 0.717) is 11.5 Å². The number of nitro benzene ring substituents is 1. The Morgan fingerprint density at radius 3 is 2.26 bits per heavy atom. The average molecular weight is 719 g/mol. The molecular formula is C34H46N4O11S. The second-order valence-corrected chi connectivity index (χ2v) is 14.2. The van der Waals surface area contributed by atoms with Crippen LogP contribution in [0.4, 0.5) is 5.69 Å². The van der Waals surface area contributed by atoms with Gasteiger partial charge < -0.3 is 34.7 Å². The Labute approximate surface area is 292 Å². The first-order chi connectivity index (χ1) is 23.5. The second-order valence-electron chi connectivity index (χ2n) is 12.2. The average Bonchev–Trinajstić information content (AvgIpc) is 3.05. The minimum atomic E-state index is -3.94. The highest BCUT2D eigenvalue weighted by atomic mass is 32.2. The molecule has 2 aromatic carbocycles. The number of hydrogen-bond acceptors (Lipinski definition) is 13. The highest BCUT2D eigenvalue weighted by Crippen LogP contribution is 2.40. The van der Waals surface area contributed by atoms with E-state index in [9.17, 15) is 33.2 Å². The van der Waals surface area contributed by atoms with Gasteiger partial charge in [0.1, 0.15) is 12.7 Å². The highest BCUT2D eigenvalue weighted by Gasteiger charge is 2.41. The third kappa shape index (κ3) is 10.5. The fourth-order valence-corrected chi connectivity index (χ4v) is 6.36. The van der Waals surface area contributed by atoms with Gasteiger partial charge in [-0.3, -0.25) is 10.1 Å². The Morgan fingerprint density at radius 2 is 1.68 bits per heavy atom. The first-order valence-electron chi connectivity index (χ1n) is 16.0. The van der Waals surface area contributed by atoms with Crippen molar-refractivity contribution in [3.05, 3.63) is 86.7 Å². The predicted molar refractivity (Wildman–Crippen MR) is 185 cm³/mol. The van der Waals surface area contributed by atoms with Crippen LogP contribution in [-0.4, -0.2) is 99.2 Å². The largest absolute Gasteiger partial charge is 0.493 e. The molecule has 0 amide bonds.